The number of anilines is 1. The summed E-state index contributed by atoms with van der Waals surface area (Å²) in [7, 11) is -3.77. The summed E-state index contributed by atoms with van der Waals surface area (Å²) in [5.41, 5.74) is 0.680. The van der Waals surface area contributed by atoms with E-state index in [1.165, 1.54) is 18.3 Å². The van der Waals surface area contributed by atoms with E-state index >= 15 is 0 Å². The van der Waals surface area contributed by atoms with Gasteiger partial charge in [-0.3, -0.25) is 9.59 Å². The van der Waals surface area contributed by atoms with Gasteiger partial charge >= 0.3 is 0 Å². The van der Waals surface area contributed by atoms with Gasteiger partial charge in [0, 0.05) is 19.3 Å². The smallest absolute Gasteiger partial charge is 0.238 e. The van der Waals surface area contributed by atoms with Gasteiger partial charge in [-0.2, -0.15) is 0 Å². The van der Waals surface area contributed by atoms with Crippen molar-refractivity contribution in [3.05, 3.63) is 53.2 Å². The van der Waals surface area contributed by atoms with Crippen LogP contribution in [0, 0.1) is 5.92 Å². The number of piperidine rings is 1. The molecule has 1 fully saturated rings. The van der Waals surface area contributed by atoms with Gasteiger partial charge in [-0.25, -0.2) is 18.5 Å². The lowest BCUT2D eigenvalue weighted by Gasteiger charge is -2.32. The first-order valence-corrected chi connectivity index (χ1v) is 11.0. The monoisotopic (exact) mass is 436 g/mol. The summed E-state index contributed by atoms with van der Waals surface area (Å²) in [4.78, 5) is 30.9. The summed E-state index contributed by atoms with van der Waals surface area (Å²) in [6, 6.07) is 9.15. The SMILES string of the molecule is NS(=O)(=O)c1ccc(CC(=O)N2CCCC(C(=O)Nc3ccc(Cl)cn3)C2)cc1. The molecule has 1 aliphatic heterocycles. The van der Waals surface area contributed by atoms with Crippen molar-refractivity contribution in [1.29, 1.82) is 0 Å². The Morgan fingerprint density at radius 3 is 2.55 bits per heavy atom. The maximum absolute atomic E-state index is 12.6. The van der Waals surface area contributed by atoms with Crippen LogP contribution >= 0.6 is 11.6 Å². The number of nitrogens with one attached hydrogen (secondary N) is 1. The molecular weight excluding hydrogens is 416 g/mol. The van der Waals surface area contributed by atoms with E-state index in [9.17, 15) is 18.0 Å². The molecule has 2 amide bonds. The van der Waals surface area contributed by atoms with Gasteiger partial charge in [0.25, 0.3) is 0 Å². The van der Waals surface area contributed by atoms with Crippen LogP contribution in [0.3, 0.4) is 0 Å². The topological polar surface area (TPSA) is 122 Å². The molecule has 0 spiro atoms. The van der Waals surface area contributed by atoms with Crippen LogP contribution in [-0.2, 0) is 26.0 Å². The summed E-state index contributed by atoms with van der Waals surface area (Å²) < 4.78 is 22.6. The number of carbonyl (C=O) groups is 2. The van der Waals surface area contributed by atoms with Crippen molar-refractivity contribution in [2.45, 2.75) is 24.2 Å². The van der Waals surface area contributed by atoms with Crippen LogP contribution in [0.2, 0.25) is 5.02 Å². The second kappa shape index (κ2) is 8.89. The number of hydrogen-bond donors (Lipinski definition) is 2. The van der Waals surface area contributed by atoms with Crippen molar-refractivity contribution in [1.82, 2.24) is 9.88 Å². The van der Waals surface area contributed by atoms with Gasteiger partial charge in [-0.1, -0.05) is 23.7 Å². The van der Waals surface area contributed by atoms with E-state index in [0.29, 0.717) is 35.9 Å². The van der Waals surface area contributed by atoms with Crippen molar-refractivity contribution in [3.63, 3.8) is 0 Å². The molecule has 154 valence electrons. The molecule has 1 atom stereocenters. The molecule has 2 heterocycles. The van der Waals surface area contributed by atoms with Crippen molar-refractivity contribution in [2.24, 2.45) is 11.1 Å². The number of amides is 2. The highest BCUT2D eigenvalue weighted by atomic mass is 35.5. The van der Waals surface area contributed by atoms with Gasteiger partial charge in [0.1, 0.15) is 5.82 Å². The number of likely N-dealkylation sites (tertiary alicyclic amines) is 1. The fourth-order valence-corrected chi connectivity index (χ4v) is 3.81. The number of halogens is 1. The minimum absolute atomic E-state index is 0.000726. The third-order valence-electron chi connectivity index (χ3n) is 4.73. The van der Waals surface area contributed by atoms with Crippen molar-refractivity contribution in [2.75, 3.05) is 18.4 Å². The van der Waals surface area contributed by atoms with E-state index in [-0.39, 0.29) is 29.0 Å². The van der Waals surface area contributed by atoms with Crippen LogP contribution in [0.5, 0.6) is 0 Å². The van der Waals surface area contributed by atoms with Crippen molar-refractivity contribution < 1.29 is 18.0 Å². The number of nitrogens with zero attached hydrogens (tertiary/aromatic N) is 2. The van der Waals surface area contributed by atoms with Crippen LogP contribution in [0.25, 0.3) is 0 Å². The van der Waals surface area contributed by atoms with Crippen molar-refractivity contribution in [3.8, 4) is 0 Å². The van der Waals surface area contributed by atoms with E-state index in [2.05, 4.69) is 10.3 Å². The fraction of sp³-hybridized carbons (Fsp3) is 0.316. The standard InChI is InChI=1S/C19H21ClN4O4S/c20-15-5-8-17(22-11-15)23-19(26)14-2-1-9-24(12-14)18(25)10-13-3-6-16(7-4-13)29(21,27)28/h3-8,11,14H,1-2,9-10,12H2,(H2,21,27,28)(H,22,23,26). The Balaban J connectivity index is 1.58. The van der Waals surface area contributed by atoms with Gasteiger partial charge in [-0.15, -0.1) is 0 Å². The first kappa shape index (κ1) is 21.2. The molecule has 0 bridgehead atoms. The summed E-state index contributed by atoms with van der Waals surface area (Å²) in [6.45, 7) is 0.907. The van der Waals surface area contributed by atoms with Gasteiger partial charge < -0.3 is 10.2 Å². The minimum Gasteiger partial charge on any atom is -0.342 e. The maximum atomic E-state index is 12.6. The molecular formula is C19H21ClN4O4S. The predicted octanol–water partition coefficient (Wildman–Crippen LogP) is 1.80. The molecule has 1 saturated heterocycles. The number of rotatable bonds is 5. The van der Waals surface area contributed by atoms with E-state index in [1.807, 2.05) is 0 Å². The van der Waals surface area contributed by atoms with Crippen LogP contribution in [-0.4, -0.2) is 43.2 Å². The number of sulfonamides is 1. The number of aromatic nitrogens is 1. The zero-order chi connectivity index (χ0) is 21.0. The predicted molar refractivity (Wildman–Crippen MR) is 109 cm³/mol. The summed E-state index contributed by atoms with van der Waals surface area (Å²) >= 11 is 5.79. The van der Waals surface area contributed by atoms with E-state index in [1.54, 1.807) is 29.2 Å². The largest absolute Gasteiger partial charge is 0.342 e. The Bertz CT molecular complexity index is 994. The maximum Gasteiger partial charge on any atom is 0.238 e. The third kappa shape index (κ3) is 5.75. The van der Waals surface area contributed by atoms with Gasteiger partial charge in [-0.05, 0) is 42.7 Å². The molecule has 8 nitrogen and oxygen atoms in total. The lowest BCUT2D eigenvalue weighted by molar-refractivity contribution is -0.133. The zero-order valence-electron chi connectivity index (χ0n) is 15.5. The number of hydrogen-bond acceptors (Lipinski definition) is 5. The highest BCUT2D eigenvalue weighted by Crippen LogP contribution is 2.20. The number of nitrogens with two attached hydrogens (primary N) is 1. The molecule has 1 aromatic heterocycles. The number of pyridine rings is 1. The molecule has 3 rings (SSSR count). The second-order valence-electron chi connectivity index (χ2n) is 6.90. The van der Waals surface area contributed by atoms with Crippen molar-refractivity contribution >= 4 is 39.3 Å². The third-order valence-corrected chi connectivity index (χ3v) is 5.88. The Labute approximate surface area is 174 Å². The second-order valence-corrected chi connectivity index (χ2v) is 8.89. The van der Waals surface area contributed by atoms with E-state index < -0.39 is 10.0 Å². The van der Waals surface area contributed by atoms with E-state index in [4.69, 9.17) is 16.7 Å². The molecule has 0 radical (unpaired) electrons. The summed E-state index contributed by atoms with van der Waals surface area (Å²) in [5.74, 6) is -0.210. The van der Waals surface area contributed by atoms with E-state index in [0.717, 1.165) is 6.42 Å². The molecule has 2 aromatic rings. The Hall–Kier alpha value is -2.49. The van der Waals surface area contributed by atoms with Crippen LogP contribution in [0.4, 0.5) is 5.82 Å². The molecule has 29 heavy (non-hydrogen) atoms. The number of carbonyl (C=O) groups excluding carboxylic acids is 2. The number of benzene rings is 1. The average Bonchev–Trinajstić information content (AvgIpc) is 2.69. The molecule has 0 saturated carbocycles. The van der Waals surface area contributed by atoms with Crippen LogP contribution < -0.4 is 10.5 Å². The highest BCUT2D eigenvalue weighted by Gasteiger charge is 2.28. The lowest BCUT2D eigenvalue weighted by Crippen LogP contribution is -2.44. The first-order chi connectivity index (χ1) is 13.7. The summed E-state index contributed by atoms with van der Waals surface area (Å²) in [6.07, 6.45) is 2.99. The molecule has 1 aromatic carbocycles. The Morgan fingerprint density at radius 1 is 1.21 bits per heavy atom. The fourth-order valence-electron chi connectivity index (χ4n) is 3.18. The average molecular weight is 437 g/mol. The lowest BCUT2D eigenvalue weighted by atomic mass is 9.96. The molecule has 1 aliphatic rings. The summed E-state index contributed by atoms with van der Waals surface area (Å²) in [5, 5.41) is 8.31. The minimum atomic E-state index is -3.77. The van der Waals surface area contributed by atoms with Crippen LogP contribution in [0.1, 0.15) is 18.4 Å². The Morgan fingerprint density at radius 2 is 1.93 bits per heavy atom. The van der Waals surface area contributed by atoms with Gasteiger partial charge in [0.15, 0.2) is 0 Å². The molecule has 3 N–H and O–H groups in total. The quantitative estimate of drug-likeness (QED) is 0.739. The van der Waals surface area contributed by atoms with Gasteiger partial charge in [0.05, 0.1) is 22.3 Å². The highest BCUT2D eigenvalue weighted by molar-refractivity contribution is 7.89. The number of primary sulfonamides is 1. The molecule has 1 unspecified atom stereocenters. The molecule has 10 heteroatoms. The van der Waals surface area contributed by atoms with Gasteiger partial charge in [0.2, 0.25) is 21.8 Å². The zero-order valence-corrected chi connectivity index (χ0v) is 17.1. The first-order valence-electron chi connectivity index (χ1n) is 9.04. The normalized spacial score (nSPS) is 17.0. The molecule has 0 aliphatic carbocycles. The Kier molecular flexibility index (Phi) is 6.51. The van der Waals surface area contributed by atoms with Crippen LogP contribution in [0.15, 0.2) is 47.5 Å².